The zero-order valence-electron chi connectivity index (χ0n) is 19.0. The Morgan fingerprint density at radius 2 is 2.09 bits per heavy atom. The molecule has 0 bridgehead atoms. The SMILES string of the molecule is COc1cccc(Cn2nc(C(=O)NC3CC3)c3c2CCN(Cc2cn(C)nc2C)C3)c1. The lowest BCUT2D eigenvalue weighted by Gasteiger charge is -2.27. The number of nitrogens with zero attached hydrogens (tertiary/aromatic N) is 5. The number of methoxy groups -OCH3 is 1. The number of carbonyl (C=O) groups excluding carboxylic acids is 1. The van der Waals surface area contributed by atoms with Crippen molar-refractivity contribution in [2.45, 2.75) is 51.9 Å². The van der Waals surface area contributed by atoms with Crippen LogP contribution in [0.5, 0.6) is 5.75 Å². The van der Waals surface area contributed by atoms with Gasteiger partial charge in [-0.2, -0.15) is 10.2 Å². The predicted molar refractivity (Wildman–Crippen MR) is 121 cm³/mol. The van der Waals surface area contributed by atoms with Crippen LogP contribution in [0.4, 0.5) is 0 Å². The standard InChI is InChI=1S/C24H30N6O2/c1-16-18(13-28(2)26-16)14-29-10-9-22-21(15-29)23(24(31)25-19-7-8-19)27-30(22)12-17-5-4-6-20(11-17)32-3/h4-6,11,13,19H,7-10,12,14-15H2,1-3H3,(H,25,31). The van der Waals surface area contributed by atoms with E-state index >= 15 is 0 Å². The van der Waals surface area contributed by atoms with Gasteiger partial charge in [0.15, 0.2) is 5.69 Å². The van der Waals surface area contributed by atoms with E-state index in [2.05, 4.69) is 27.6 Å². The maximum atomic E-state index is 13.0. The lowest BCUT2D eigenvalue weighted by Crippen LogP contribution is -2.33. The quantitative estimate of drug-likeness (QED) is 0.618. The Balaban J connectivity index is 1.43. The average Bonchev–Trinajstić information content (AvgIpc) is 3.44. The van der Waals surface area contributed by atoms with Crippen molar-refractivity contribution in [3.05, 3.63) is 64.2 Å². The summed E-state index contributed by atoms with van der Waals surface area (Å²) in [4.78, 5) is 15.4. The first-order valence-corrected chi connectivity index (χ1v) is 11.2. The number of carbonyl (C=O) groups is 1. The van der Waals surface area contributed by atoms with Gasteiger partial charge in [-0.25, -0.2) is 0 Å². The van der Waals surface area contributed by atoms with Crippen molar-refractivity contribution >= 4 is 5.91 Å². The van der Waals surface area contributed by atoms with E-state index in [0.29, 0.717) is 18.3 Å². The van der Waals surface area contributed by atoms with Gasteiger partial charge in [0.05, 0.1) is 19.3 Å². The summed E-state index contributed by atoms with van der Waals surface area (Å²) in [6.45, 7) is 5.14. The Labute approximate surface area is 188 Å². The van der Waals surface area contributed by atoms with Gasteiger partial charge in [-0.1, -0.05) is 12.1 Å². The molecule has 1 aliphatic heterocycles. The maximum absolute atomic E-state index is 13.0. The van der Waals surface area contributed by atoms with Crippen molar-refractivity contribution in [2.24, 2.45) is 7.05 Å². The first-order chi connectivity index (χ1) is 15.5. The van der Waals surface area contributed by atoms with Crippen molar-refractivity contribution in [1.29, 1.82) is 0 Å². The van der Waals surface area contributed by atoms with Gasteiger partial charge in [-0.05, 0) is 37.5 Å². The molecule has 1 aromatic carbocycles. The summed E-state index contributed by atoms with van der Waals surface area (Å²) in [6.07, 6.45) is 5.07. The topological polar surface area (TPSA) is 77.2 Å². The molecule has 3 heterocycles. The molecule has 0 radical (unpaired) electrons. The van der Waals surface area contributed by atoms with Crippen molar-refractivity contribution in [3.8, 4) is 5.75 Å². The minimum atomic E-state index is -0.0486. The fourth-order valence-corrected chi connectivity index (χ4v) is 4.46. The molecule has 1 saturated carbocycles. The number of amides is 1. The van der Waals surface area contributed by atoms with Gasteiger partial charge >= 0.3 is 0 Å². The minimum Gasteiger partial charge on any atom is -0.497 e. The number of benzene rings is 1. The second-order valence-electron chi connectivity index (χ2n) is 8.90. The van der Waals surface area contributed by atoms with Gasteiger partial charge in [-0.3, -0.25) is 19.1 Å². The van der Waals surface area contributed by atoms with Gasteiger partial charge in [-0.15, -0.1) is 0 Å². The van der Waals surface area contributed by atoms with Crippen LogP contribution in [0.25, 0.3) is 0 Å². The summed E-state index contributed by atoms with van der Waals surface area (Å²) in [5.74, 6) is 0.779. The van der Waals surface area contributed by atoms with E-state index < -0.39 is 0 Å². The number of hydrogen-bond acceptors (Lipinski definition) is 5. The number of rotatable bonds is 7. The van der Waals surface area contributed by atoms with E-state index in [4.69, 9.17) is 9.84 Å². The number of nitrogens with one attached hydrogen (secondary N) is 1. The van der Waals surface area contributed by atoms with Crippen LogP contribution in [0.2, 0.25) is 0 Å². The molecule has 1 amide bonds. The first kappa shape index (κ1) is 20.8. The van der Waals surface area contributed by atoms with Gasteiger partial charge in [0.25, 0.3) is 5.91 Å². The molecule has 0 spiro atoms. The molecule has 2 aliphatic rings. The number of fused-ring (bicyclic) bond motifs is 1. The highest BCUT2D eigenvalue weighted by atomic mass is 16.5. The molecule has 168 valence electrons. The third kappa shape index (κ3) is 4.27. The molecule has 0 saturated heterocycles. The summed E-state index contributed by atoms with van der Waals surface area (Å²) in [7, 11) is 3.63. The number of hydrogen-bond donors (Lipinski definition) is 1. The van der Waals surface area contributed by atoms with E-state index in [-0.39, 0.29) is 5.91 Å². The van der Waals surface area contributed by atoms with Crippen molar-refractivity contribution in [1.82, 2.24) is 29.8 Å². The lowest BCUT2D eigenvalue weighted by atomic mass is 10.0. The number of aromatic nitrogens is 4. The smallest absolute Gasteiger partial charge is 0.272 e. The largest absolute Gasteiger partial charge is 0.497 e. The summed E-state index contributed by atoms with van der Waals surface area (Å²) in [5.41, 5.74) is 6.17. The molecule has 0 unspecified atom stereocenters. The van der Waals surface area contributed by atoms with Crippen molar-refractivity contribution in [2.75, 3.05) is 13.7 Å². The van der Waals surface area contributed by atoms with E-state index in [1.807, 2.05) is 41.5 Å². The maximum Gasteiger partial charge on any atom is 0.272 e. The van der Waals surface area contributed by atoms with E-state index in [1.54, 1.807) is 7.11 Å². The summed E-state index contributed by atoms with van der Waals surface area (Å²) in [6, 6.07) is 8.33. The van der Waals surface area contributed by atoms with Crippen LogP contribution in [-0.2, 0) is 33.1 Å². The molecule has 2 aromatic heterocycles. The fourth-order valence-electron chi connectivity index (χ4n) is 4.46. The van der Waals surface area contributed by atoms with Crippen molar-refractivity contribution in [3.63, 3.8) is 0 Å². The second-order valence-corrected chi connectivity index (χ2v) is 8.90. The molecule has 1 fully saturated rings. The summed E-state index contributed by atoms with van der Waals surface area (Å²) in [5, 5.41) is 12.4. The molecule has 32 heavy (non-hydrogen) atoms. The third-order valence-electron chi connectivity index (χ3n) is 6.32. The van der Waals surface area contributed by atoms with Crippen molar-refractivity contribution < 1.29 is 9.53 Å². The highest BCUT2D eigenvalue weighted by molar-refractivity contribution is 5.94. The Morgan fingerprint density at radius 3 is 2.81 bits per heavy atom. The highest BCUT2D eigenvalue weighted by Gasteiger charge is 2.31. The normalized spacial score (nSPS) is 16.1. The molecule has 8 heteroatoms. The molecule has 1 aliphatic carbocycles. The van der Waals surface area contributed by atoms with Gasteiger partial charge in [0.2, 0.25) is 0 Å². The monoisotopic (exact) mass is 434 g/mol. The summed E-state index contributed by atoms with van der Waals surface area (Å²) >= 11 is 0. The van der Waals surface area contributed by atoms with E-state index in [9.17, 15) is 4.79 Å². The first-order valence-electron chi connectivity index (χ1n) is 11.2. The van der Waals surface area contributed by atoms with Crippen LogP contribution in [-0.4, -0.2) is 50.1 Å². The lowest BCUT2D eigenvalue weighted by molar-refractivity contribution is 0.0943. The Bertz CT molecular complexity index is 1140. The fraction of sp³-hybridized carbons (Fsp3) is 0.458. The molecule has 3 aromatic rings. The van der Waals surface area contributed by atoms with Crippen LogP contribution in [0, 0.1) is 6.92 Å². The molecule has 1 N–H and O–H groups in total. The van der Waals surface area contributed by atoms with Crippen LogP contribution < -0.4 is 10.1 Å². The van der Waals surface area contributed by atoms with E-state index in [1.165, 1.54) is 5.56 Å². The molecular weight excluding hydrogens is 404 g/mol. The highest BCUT2D eigenvalue weighted by Crippen LogP contribution is 2.27. The zero-order chi connectivity index (χ0) is 22.2. The predicted octanol–water partition coefficient (Wildman–Crippen LogP) is 2.43. The van der Waals surface area contributed by atoms with E-state index in [0.717, 1.165) is 67.2 Å². The molecule has 5 rings (SSSR count). The van der Waals surface area contributed by atoms with Gasteiger partial charge in [0.1, 0.15) is 5.75 Å². The molecular formula is C24H30N6O2. The molecule has 8 nitrogen and oxygen atoms in total. The number of ether oxygens (including phenoxy) is 1. The zero-order valence-corrected chi connectivity index (χ0v) is 19.0. The average molecular weight is 435 g/mol. The second kappa shape index (κ2) is 8.43. The van der Waals surface area contributed by atoms with Gasteiger partial charge in [0, 0.05) is 62.2 Å². The van der Waals surface area contributed by atoms with Crippen LogP contribution >= 0.6 is 0 Å². The van der Waals surface area contributed by atoms with Gasteiger partial charge < -0.3 is 10.1 Å². The Morgan fingerprint density at radius 1 is 1.25 bits per heavy atom. The molecule has 0 atom stereocenters. The third-order valence-corrected chi connectivity index (χ3v) is 6.32. The van der Waals surface area contributed by atoms with Crippen LogP contribution in [0.3, 0.4) is 0 Å². The van der Waals surface area contributed by atoms with Crippen LogP contribution in [0.1, 0.15) is 51.4 Å². The number of aryl methyl sites for hydroxylation is 2. The Kier molecular flexibility index (Phi) is 5.46. The van der Waals surface area contributed by atoms with Crippen LogP contribution in [0.15, 0.2) is 30.5 Å². The Hall–Kier alpha value is -3.13. The minimum absolute atomic E-state index is 0.0486. The summed E-state index contributed by atoms with van der Waals surface area (Å²) < 4.78 is 9.25.